The molecule has 0 bridgehead atoms. The molecule has 0 spiro atoms. The van der Waals surface area contributed by atoms with Crippen molar-refractivity contribution in [3.05, 3.63) is 90.9 Å². The summed E-state index contributed by atoms with van der Waals surface area (Å²) in [6.07, 6.45) is 15.2. The van der Waals surface area contributed by atoms with Crippen LogP contribution < -0.4 is 5.32 Å². The third-order valence-electron chi connectivity index (χ3n) is 6.68. The zero-order valence-corrected chi connectivity index (χ0v) is 21.9. The smallest absolute Gasteiger partial charge is 0.227 e. The Hall–Kier alpha value is -3.35. The second-order valence-electron chi connectivity index (χ2n) is 9.55. The number of anilines is 2. The number of aromatic nitrogens is 3. The van der Waals surface area contributed by atoms with Crippen molar-refractivity contribution < 1.29 is 4.74 Å². The summed E-state index contributed by atoms with van der Waals surface area (Å²) in [5, 5.41) is 3.40. The van der Waals surface area contributed by atoms with E-state index in [2.05, 4.69) is 57.6 Å². The Bertz CT molecular complexity index is 1160. The van der Waals surface area contributed by atoms with E-state index in [9.17, 15) is 0 Å². The first-order chi connectivity index (χ1) is 18.2. The molecule has 6 heteroatoms. The Balaban J connectivity index is 1.44. The number of nitrogens with one attached hydrogen (secondary N) is 1. The fourth-order valence-corrected chi connectivity index (χ4v) is 4.74. The van der Waals surface area contributed by atoms with Crippen molar-refractivity contribution in [1.82, 2.24) is 19.9 Å². The van der Waals surface area contributed by atoms with E-state index in [0.29, 0.717) is 19.2 Å². The predicted molar refractivity (Wildman–Crippen MR) is 152 cm³/mol. The molecule has 1 aliphatic rings. The molecule has 1 aromatic carbocycles. The first-order valence-electron chi connectivity index (χ1n) is 13.4. The van der Waals surface area contributed by atoms with Gasteiger partial charge in [-0.25, -0.2) is 9.97 Å². The monoisotopic (exact) mass is 497 g/mol. The van der Waals surface area contributed by atoms with Crippen LogP contribution in [-0.2, 0) is 24.2 Å². The molecule has 0 aliphatic carbocycles. The normalized spacial score (nSPS) is 13.5. The van der Waals surface area contributed by atoms with Crippen LogP contribution in [0.5, 0.6) is 0 Å². The number of ether oxygens (including phenoxy) is 1. The van der Waals surface area contributed by atoms with Crippen LogP contribution in [0.1, 0.15) is 48.9 Å². The van der Waals surface area contributed by atoms with Gasteiger partial charge in [-0.1, -0.05) is 18.2 Å². The van der Waals surface area contributed by atoms with Crippen molar-refractivity contribution in [2.75, 3.05) is 31.6 Å². The van der Waals surface area contributed by atoms with Gasteiger partial charge in [0, 0.05) is 29.3 Å². The van der Waals surface area contributed by atoms with Gasteiger partial charge in [0.1, 0.15) is 0 Å². The van der Waals surface area contributed by atoms with Crippen LogP contribution in [0.3, 0.4) is 0 Å². The van der Waals surface area contributed by atoms with Crippen molar-refractivity contribution in [1.29, 1.82) is 0 Å². The van der Waals surface area contributed by atoms with Gasteiger partial charge in [0.2, 0.25) is 5.95 Å². The average Bonchev–Trinajstić information content (AvgIpc) is 3.44. The van der Waals surface area contributed by atoms with E-state index in [1.165, 1.54) is 43.6 Å². The summed E-state index contributed by atoms with van der Waals surface area (Å²) in [5.41, 5.74) is 6.47. The molecule has 2 aromatic heterocycles. The average molecular weight is 498 g/mol. The third-order valence-corrected chi connectivity index (χ3v) is 6.68. The fourth-order valence-electron chi connectivity index (χ4n) is 4.74. The number of hydrogen-bond acceptors (Lipinski definition) is 6. The lowest BCUT2D eigenvalue weighted by molar-refractivity contribution is 0.148. The number of benzene rings is 1. The quantitative estimate of drug-likeness (QED) is 0.190. The second kappa shape index (κ2) is 14.4. The van der Waals surface area contributed by atoms with Crippen molar-refractivity contribution in [3.8, 4) is 11.3 Å². The molecule has 1 fully saturated rings. The van der Waals surface area contributed by atoms with Gasteiger partial charge in [-0.15, -0.1) is 13.2 Å². The molecule has 3 heterocycles. The Morgan fingerprint density at radius 2 is 1.78 bits per heavy atom. The lowest BCUT2D eigenvalue weighted by Crippen LogP contribution is -2.20. The Morgan fingerprint density at radius 1 is 0.919 bits per heavy atom. The van der Waals surface area contributed by atoms with Crippen LogP contribution in [0.2, 0.25) is 0 Å². The maximum Gasteiger partial charge on any atom is 0.227 e. The van der Waals surface area contributed by atoms with E-state index in [1.54, 1.807) is 12.3 Å². The van der Waals surface area contributed by atoms with E-state index in [0.717, 1.165) is 54.7 Å². The largest absolute Gasteiger partial charge is 0.373 e. The SMILES string of the molecule is C=CCCCc1cc(-c2ccnc(Nc3ccc(CCCN4CCCC4)c(COCC=C)c3)n2)ccn1. The maximum atomic E-state index is 5.82. The summed E-state index contributed by atoms with van der Waals surface area (Å²) in [5.74, 6) is 0.572. The zero-order chi connectivity index (χ0) is 25.7. The number of hydrogen-bond donors (Lipinski definition) is 1. The number of allylic oxidation sites excluding steroid dienone is 1. The van der Waals surface area contributed by atoms with Crippen molar-refractivity contribution in [3.63, 3.8) is 0 Å². The lowest BCUT2D eigenvalue weighted by atomic mass is 10.0. The molecule has 0 unspecified atom stereocenters. The number of aryl methyl sites for hydroxylation is 2. The number of unbranched alkanes of at least 4 members (excludes halogenated alkanes) is 1. The molecule has 194 valence electrons. The van der Waals surface area contributed by atoms with E-state index in [-0.39, 0.29) is 0 Å². The molecule has 3 aromatic rings. The maximum absolute atomic E-state index is 5.82. The first kappa shape index (κ1) is 26.7. The standard InChI is InChI=1S/C31H39N5O/c1-3-5-6-11-28-22-26(14-16-32-28)30-15-17-33-31(35-30)34-29-13-12-25(27(23-29)24-37-21-4-2)10-9-20-36-18-7-8-19-36/h3-4,12-17,22-23H,1-2,5-11,18-21,24H2,(H,33,34,35). The van der Waals surface area contributed by atoms with Crippen LogP contribution in [0.15, 0.2) is 74.1 Å². The topological polar surface area (TPSA) is 63.2 Å². The molecule has 1 aliphatic heterocycles. The van der Waals surface area contributed by atoms with Gasteiger partial charge >= 0.3 is 0 Å². The Morgan fingerprint density at radius 3 is 2.62 bits per heavy atom. The summed E-state index contributed by atoms with van der Waals surface area (Å²) in [6, 6.07) is 12.5. The van der Waals surface area contributed by atoms with Crippen LogP contribution in [0.4, 0.5) is 11.6 Å². The molecule has 6 nitrogen and oxygen atoms in total. The highest BCUT2D eigenvalue weighted by atomic mass is 16.5. The van der Waals surface area contributed by atoms with Gasteiger partial charge in [-0.3, -0.25) is 4.98 Å². The number of nitrogens with zero attached hydrogens (tertiary/aromatic N) is 4. The van der Waals surface area contributed by atoms with Crippen molar-refractivity contribution in [2.24, 2.45) is 0 Å². The number of pyridine rings is 1. The van der Waals surface area contributed by atoms with Crippen LogP contribution >= 0.6 is 0 Å². The fraction of sp³-hybridized carbons (Fsp3) is 0.387. The highest BCUT2D eigenvalue weighted by molar-refractivity contribution is 5.62. The molecular weight excluding hydrogens is 458 g/mol. The zero-order valence-electron chi connectivity index (χ0n) is 21.9. The minimum atomic E-state index is 0.539. The molecule has 1 saturated heterocycles. The minimum absolute atomic E-state index is 0.539. The molecule has 0 saturated carbocycles. The summed E-state index contributed by atoms with van der Waals surface area (Å²) >= 11 is 0. The van der Waals surface area contributed by atoms with Crippen molar-refractivity contribution in [2.45, 2.75) is 51.6 Å². The van der Waals surface area contributed by atoms with Gasteiger partial charge in [0.15, 0.2) is 0 Å². The number of rotatable bonds is 15. The molecule has 0 atom stereocenters. The van der Waals surface area contributed by atoms with Gasteiger partial charge in [-0.2, -0.15) is 0 Å². The van der Waals surface area contributed by atoms with E-state index in [1.807, 2.05) is 24.4 Å². The van der Waals surface area contributed by atoms with Crippen molar-refractivity contribution >= 4 is 11.6 Å². The first-order valence-corrected chi connectivity index (χ1v) is 13.4. The van der Waals surface area contributed by atoms with Gasteiger partial charge in [-0.05, 0) is 106 Å². The Labute approximate surface area is 221 Å². The molecule has 1 N–H and O–H groups in total. The molecule has 0 radical (unpaired) electrons. The molecule has 37 heavy (non-hydrogen) atoms. The van der Waals surface area contributed by atoms with Gasteiger partial charge in [0.05, 0.1) is 18.9 Å². The molecular formula is C31H39N5O. The lowest BCUT2D eigenvalue weighted by Gasteiger charge is -2.16. The predicted octanol–water partition coefficient (Wildman–Crippen LogP) is 6.52. The molecule has 4 rings (SSSR count). The van der Waals surface area contributed by atoms with E-state index in [4.69, 9.17) is 9.72 Å². The van der Waals surface area contributed by atoms with Crippen LogP contribution in [-0.4, -0.2) is 46.1 Å². The van der Waals surface area contributed by atoms with Gasteiger partial charge < -0.3 is 15.0 Å². The second-order valence-corrected chi connectivity index (χ2v) is 9.55. The Kier molecular flexibility index (Phi) is 10.4. The van der Waals surface area contributed by atoms with Crippen LogP contribution in [0.25, 0.3) is 11.3 Å². The van der Waals surface area contributed by atoms with Crippen LogP contribution in [0, 0.1) is 0 Å². The highest BCUT2D eigenvalue weighted by Crippen LogP contribution is 2.23. The summed E-state index contributed by atoms with van der Waals surface area (Å²) in [4.78, 5) is 16.3. The highest BCUT2D eigenvalue weighted by Gasteiger charge is 2.12. The third kappa shape index (κ3) is 8.34. The summed E-state index contributed by atoms with van der Waals surface area (Å²) in [7, 11) is 0. The van der Waals surface area contributed by atoms with E-state index >= 15 is 0 Å². The number of likely N-dealkylation sites (tertiary alicyclic amines) is 1. The summed E-state index contributed by atoms with van der Waals surface area (Å²) < 4.78 is 5.82. The molecule has 0 amide bonds. The van der Waals surface area contributed by atoms with E-state index < -0.39 is 0 Å². The summed E-state index contributed by atoms with van der Waals surface area (Å²) in [6.45, 7) is 12.3. The minimum Gasteiger partial charge on any atom is -0.373 e. The van der Waals surface area contributed by atoms with Gasteiger partial charge in [0.25, 0.3) is 0 Å².